The summed E-state index contributed by atoms with van der Waals surface area (Å²) in [6.45, 7) is 4.49. The number of halogens is 2. The first kappa shape index (κ1) is 24.7. The Kier molecular flexibility index (Phi) is 7.43. The first-order valence-electron chi connectivity index (χ1n) is 11.3. The van der Waals surface area contributed by atoms with Crippen LogP contribution in [0.4, 0.5) is 0 Å². The van der Waals surface area contributed by atoms with Crippen LogP contribution in [0.15, 0.2) is 59.9 Å². The lowest BCUT2D eigenvalue weighted by atomic mass is 10.1. The summed E-state index contributed by atoms with van der Waals surface area (Å²) in [4.78, 5) is 9.14. The first-order chi connectivity index (χ1) is 16.9. The second-order valence-electron chi connectivity index (χ2n) is 8.54. The predicted molar refractivity (Wildman–Crippen MR) is 148 cm³/mol. The van der Waals surface area contributed by atoms with E-state index in [9.17, 15) is 0 Å². The summed E-state index contributed by atoms with van der Waals surface area (Å²) in [7, 11) is 0. The standard InChI is InChI=1S/C26H25ClIN3O3S/c1-15-4-8-17(9-5-15)32-14-21-20(33-18-10-6-16(2)7-11-18)12-22(34-21)31-13-19(28)23-24(27)29-26(35-3)30-25(23)31/h4-11,13,20-22H,12,14H2,1-3H3/t20-,21+,22+/m0/s1. The predicted octanol–water partition coefficient (Wildman–Crippen LogP) is 6.84. The van der Waals surface area contributed by atoms with E-state index < -0.39 is 0 Å². The highest BCUT2D eigenvalue weighted by molar-refractivity contribution is 14.1. The Balaban J connectivity index is 1.43. The molecule has 1 saturated heterocycles. The van der Waals surface area contributed by atoms with Crippen molar-refractivity contribution in [3.8, 4) is 11.5 Å². The van der Waals surface area contributed by atoms with Crippen LogP contribution in [0, 0.1) is 17.4 Å². The minimum absolute atomic E-state index is 0.194. The molecule has 0 N–H and O–H groups in total. The number of thioether (sulfide) groups is 1. The summed E-state index contributed by atoms with van der Waals surface area (Å²) < 4.78 is 22.1. The van der Waals surface area contributed by atoms with Crippen LogP contribution in [0.2, 0.25) is 5.15 Å². The van der Waals surface area contributed by atoms with Crippen LogP contribution < -0.4 is 9.47 Å². The van der Waals surface area contributed by atoms with Crippen molar-refractivity contribution in [1.29, 1.82) is 0 Å². The summed E-state index contributed by atoms with van der Waals surface area (Å²) >= 11 is 10.2. The third-order valence-corrected chi connectivity index (χ3v) is 7.62. The highest BCUT2D eigenvalue weighted by Crippen LogP contribution is 2.37. The van der Waals surface area contributed by atoms with Gasteiger partial charge in [0.2, 0.25) is 0 Å². The molecule has 9 heteroatoms. The van der Waals surface area contributed by atoms with E-state index in [0.717, 1.165) is 26.1 Å². The lowest BCUT2D eigenvalue weighted by Crippen LogP contribution is -2.32. The van der Waals surface area contributed by atoms with Gasteiger partial charge in [0.15, 0.2) is 5.16 Å². The van der Waals surface area contributed by atoms with Gasteiger partial charge in [-0.25, -0.2) is 9.97 Å². The fourth-order valence-electron chi connectivity index (χ4n) is 4.10. The van der Waals surface area contributed by atoms with Gasteiger partial charge in [-0.3, -0.25) is 0 Å². The van der Waals surface area contributed by atoms with Gasteiger partial charge in [-0.05, 0) is 67.0 Å². The van der Waals surface area contributed by atoms with Gasteiger partial charge >= 0.3 is 0 Å². The number of hydrogen-bond donors (Lipinski definition) is 0. The van der Waals surface area contributed by atoms with Gasteiger partial charge in [0, 0.05) is 16.2 Å². The van der Waals surface area contributed by atoms with Crippen molar-refractivity contribution in [1.82, 2.24) is 14.5 Å². The molecule has 0 spiro atoms. The number of aromatic nitrogens is 3. The van der Waals surface area contributed by atoms with Crippen molar-refractivity contribution in [3.63, 3.8) is 0 Å². The van der Waals surface area contributed by atoms with E-state index in [4.69, 9.17) is 30.8 Å². The average molecular weight is 622 g/mol. The summed E-state index contributed by atoms with van der Waals surface area (Å²) in [5, 5.41) is 1.92. The van der Waals surface area contributed by atoms with Crippen molar-refractivity contribution in [2.24, 2.45) is 0 Å². The van der Waals surface area contributed by atoms with E-state index in [2.05, 4.69) is 41.4 Å². The number of fused-ring (bicyclic) bond motifs is 1. The van der Waals surface area contributed by atoms with Crippen molar-refractivity contribution >= 4 is 57.0 Å². The molecule has 1 fully saturated rings. The summed E-state index contributed by atoms with van der Waals surface area (Å²) in [6.07, 6.45) is 3.86. The zero-order chi connectivity index (χ0) is 24.5. The third-order valence-electron chi connectivity index (χ3n) is 5.98. The number of rotatable bonds is 7. The largest absolute Gasteiger partial charge is 0.491 e. The highest BCUT2D eigenvalue weighted by atomic mass is 127. The molecule has 182 valence electrons. The normalized spacial score (nSPS) is 19.9. The van der Waals surface area contributed by atoms with Crippen molar-refractivity contribution in [2.75, 3.05) is 12.9 Å². The maximum Gasteiger partial charge on any atom is 0.190 e. The van der Waals surface area contributed by atoms with Gasteiger partial charge in [0.25, 0.3) is 0 Å². The Morgan fingerprint density at radius 2 is 1.71 bits per heavy atom. The Morgan fingerprint density at radius 1 is 1.06 bits per heavy atom. The Bertz CT molecular complexity index is 1330. The molecule has 0 amide bonds. The molecule has 4 aromatic rings. The van der Waals surface area contributed by atoms with Crippen LogP contribution in [0.25, 0.3) is 11.0 Å². The minimum atomic E-state index is -0.274. The first-order valence-corrected chi connectivity index (χ1v) is 13.9. The molecule has 0 unspecified atom stereocenters. The van der Waals surface area contributed by atoms with Gasteiger partial charge in [0.05, 0.1) is 5.39 Å². The molecule has 0 saturated carbocycles. The van der Waals surface area contributed by atoms with Crippen LogP contribution in [0.3, 0.4) is 0 Å². The van der Waals surface area contributed by atoms with Crippen molar-refractivity contribution < 1.29 is 14.2 Å². The summed E-state index contributed by atoms with van der Waals surface area (Å²) in [6, 6.07) is 16.1. The van der Waals surface area contributed by atoms with Crippen LogP contribution in [0.1, 0.15) is 23.8 Å². The zero-order valence-corrected chi connectivity index (χ0v) is 23.3. The molecule has 3 atom stereocenters. The number of ether oxygens (including phenoxy) is 3. The maximum atomic E-state index is 6.54. The van der Waals surface area contributed by atoms with Crippen molar-refractivity contribution in [2.45, 2.75) is 43.9 Å². The van der Waals surface area contributed by atoms with Gasteiger partial charge in [-0.1, -0.05) is 58.8 Å². The van der Waals surface area contributed by atoms with Gasteiger partial charge in [-0.2, -0.15) is 0 Å². The number of nitrogens with zero attached hydrogens (tertiary/aromatic N) is 3. The number of benzene rings is 2. The average Bonchev–Trinajstić information content (AvgIpc) is 3.40. The second-order valence-corrected chi connectivity index (χ2v) is 10.8. The topological polar surface area (TPSA) is 58.4 Å². The van der Waals surface area contributed by atoms with Crippen LogP contribution >= 0.6 is 46.0 Å². The molecule has 5 rings (SSSR count). The molecule has 0 bridgehead atoms. The molecule has 2 aromatic carbocycles. The molecule has 0 aliphatic carbocycles. The minimum Gasteiger partial charge on any atom is -0.491 e. The molecular weight excluding hydrogens is 597 g/mol. The third kappa shape index (κ3) is 5.40. The van der Waals surface area contributed by atoms with E-state index >= 15 is 0 Å². The van der Waals surface area contributed by atoms with E-state index in [1.807, 2.05) is 65.6 Å². The van der Waals surface area contributed by atoms with E-state index in [0.29, 0.717) is 23.3 Å². The molecule has 1 aliphatic rings. The SMILES string of the molecule is CSc1nc(Cl)c2c(I)cn([C@H]3C[C@H](Oc4ccc(C)cc4)[C@@H](COc4ccc(C)cc4)O3)c2n1. The summed E-state index contributed by atoms with van der Waals surface area (Å²) in [5.41, 5.74) is 3.14. The van der Waals surface area contributed by atoms with E-state index in [-0.39, 0.29) is 18.4 Å². The summed E-state index contributed by atoms with van der Waals surface area (Å²) in [5.74, 6) is 1.62. The number of aryl methyl sites for hydroxylation is 2. The molecule has 2 aromatic heterocycles. The molecule has 35 heavy (non-hydrogen) atoms. The van der Waals surface area contributed by atoms with Crippen LogP contribution in [-0.2, 0) is 4.74 Å². The second kappa shape index (κ2) is 10.5. The molecule has 3 heterocycles. The maximum absolute atomic E-state index is 6.54. The van der Waals surface area contributed by atoms with Crippen LogP contribution in [-0.4, -0.2) is 39.6 Å². The van der Waals surface area contributed by atoms with Crippen LogP contribution in [0.5, 0.6) is 11.5 Å². The molecule has 0 radical (unpaired) electrons. The highest BCUT2D eigenvalue weighted by Gasteiger charge is 2.39. The van der Waals surface area contributed by atoms with E-state index in [1.54, 1.807) is 0 Å². The van der Waals surface area contributed by atoms with Crippen molar-refractivity contribution in [3.05, 3.63) is 74.6 Å². The zero-order valence-electron chi connectivity index (χ0n) is 19.6. The Hall–Kier alpha value is -2.01. The monoisotopic (exact) mass is 621 g/mol. The lowest BCUT2D eigenvalue weighted by molar-refractivity contribution is -0.0340. The lowest BCUT2D eigenvalue weighted by Gasteiger charge is -2.20. The number of hydrogen-bond acceptors (Lipinski definition) is 6. The fourth-order valence-corrected chi connectivity index (χ4v) is 5.74. The van der Waals surface area contributed by atoms with Gasteiger partial charge in [-0.15, -0.1) is 0 Å². The molecule has 1 aliphatic heterocycles. The molecule has 6 nitrogen and oxygen atoms in total. The Morgan fingerprint density at radius 3 is 2.37 bits per heavy atom. The van der Waals surface area contributed by atoms with E-state index in [1.165, 1.54) is 22.9 Å². The Labute approximate surface area is 227 Å². The molecular formula is C26H25ClIN3O3S. The fraction of sp³-hybridized carbons (Fsp3) is 0.308. The van der Waals surface area contributed by atoms with Gasteiger partial charge < -0.3 is 18.8 Å². The quantitative estimate of drug-likeness (QED) is 0.0975. The smallest absolute Gasteiger partial charge is 0.190 e. The van der Waals surface area contributed by atoms with Gasteiger partial charge in [0.1, 0.15) is 47.3 Å².